The monoisotopic (exact) mass is 623 g/mol. The number of amides is 1. The first kappa shape index (κ1) is 29.8. The number of piperidine rings is 1. The van der Waals surface area contributed by atoms with Crippen LogP contribution < -0.4 is 15.0 Å². The summed E-state index contributed by atoms with van der Waals surface area (Å²) in [5.74, 6) is 0.826. The fourth-order valence-corrected chi connectivity index (χ4v) is 6.07. The van der Waals surface area contributed by atoms with E-state index in [2.05, 4.69) is 53.3 Å². The van der Waals surface area contributed by atoms with Crippen molar-refractivity contribution in [2.24, 2.45) is 4.99 Å². The van der Waals surface area contributed by atoms with Gasteiger partial charge in [0, 0.05) is 80.5 Å². The molecule has 3 fully saturated rings. The maximum atomic E-state index is 15.1. The largest absolute Gasteiger partial charge is 0.486 e. The molecule has 3 saturated heterocycles. The molecule has 0 spiro atoms. The third-order valence-electron chi connectivity index (χ3n) is 8.84. The van der Waals surface area contributed by atoms with E-state index in [-0.39, 0.29) is 23.8 Å². The van der Waals surface area contributed by atoms with E-state index in [1.54, 1.807) is 24.4 Å². The number of hydrogen-bond acceptors (Lipinski definition) is 11. The molecule has 1 aromatic heterocycles. The van der Waals surface area contributed by atoms with Gasteiger partial charge in [0.05, 0.1) is 31.4 Å². The van der Waals surface area contributed by atoms with Gasteiger partial charge in [0.15, 0.2) is 12.0 Å². The van der Waals surface area contributed by atoms with E-state index in [4.69, 9.17) is 9.47 Å². The number of likely N-dealkylation sites (tertiary alicyclic amines) is 1. The first-order chi connectivity index (χ1) is 22.5. The van der Waals surface area contributed by atoms with E-state index < -0.39 is 12.3 Å². The van der Waals surface area contributed by atoms with Gasteiger partial charge in [-0.05, 0) is 42.5 Å². The number of benzene rings is 2. The van der Waals surface area contributed by atoms with Crippen molar-refractivity contribution in [3.05, 3.63) is 66.1 Å². The van der Waals surface area contributed by atoms with Gasteiger partial charge in [-0.15, -0.1) is 0 Å². The van der Waals surface area contributed by atoms with Crippen LogP contribution in [0.3, 0.4) is 0 Å². The van der Waals surface area contributed by atoms with Gasteiger partial charge in [-0.3, -0.25) is 14.7 Å². The molecule has 0 aliphatic carbocycles. The molecule has 0 unspecified atom stereocenters. The average molecular weight is 624 g/mol. The number of nitriles is 1. The third-order valence-corrected chi connectivity index (χ3v) is 8.84. The van der Waals surface area contributed by atoms with Crippen molar-refractivity contribution >= 4 is 29.4 Å². The maximum absolute atomic E-state index is 15.1. The number of piperazine rings is 1. The zero-order valence-corrected chi connectivity index (χ0v) is 25.3. The number of ether oxygens (including phenoxy) is 2. The first-order valence-corrected chi connectivity index (χ1v) is 15.5. The standard InChI is InChI=1S/C33H34FN9O3/c34-28-18-43(32(44)23-7-9-36-17-23)10-8-30(28)46-29-6-1-22(15-24(29)16-35)31-37-21-38-33(40-31)39-25-2-4-26(5-3-25)41-11-13-42(14-12-41)27-19-45-20-27/h1-6,9,15,17,21,27-28,30H,7-8,10-14,18-20H2,(H,37,38,39,40)/t28-,30+/m1/s1. The van der Waals surface area contributed by atoms with Crippen LogP contribution in [0.1, 0.15) is 18.4 Å². The smallest absolute Gasteiger partial charge is 0.251 e. The summed E-state index contributed by atoms with van der Waals surface area (Å²) in [6.07, 6.45) is 3.20. The molecule has 0 bridgehead atoms. The van der Waals surface area contributed by atoms with Gasteiger partial charge in [-0.1, -0.05) is 0 Å². The Morgan fingerprint density at radius 1 is 1.07 bits per heavy atom. The van der Waals surface area contributed by atoms with E-state index in [1.165, 1.54) is 23.1 Å². The highest BCUT2D eigenvalue weighted by Crippen LogP contribution is 2.29. The first-order valence-electron chi connectivity index (χ1n) is 15.5. The molecule has 3 aromatic rings. The minimum absolute atomic E-state index is 0.0717. The summed E-state index contributed by atoms with van der Waals surface area (Å²) in [5, 5.41) is 13.1. The van der Waals surface area contributed by atoms with Crippen molar-refractivity contribution in [2.75, 3.05) is 62.7 Å². The average Bonchev–Trinajstić information content (AvgIpc) is 3.61. The van der Waals surface area contributed by atoms with Crippen molar-refractivity contribution in [1.29, 1.82) is 5.26 Å². The highest BCUT2D eigenvalue weighted by Gasteiger charge is 2.34. The van der Waals surface area contributed by atoms with Crippen LogP contribution in [0.15, 0.2) is 65.6 Å². The Morgan fingerprint density at radius 3 is 2.59 bits per heavy atom. The SMILES string of the molecule is N#Cc1cc(-c2ncnc(Nc3ccc(N4CCN(C5COC5)CC4)cc3)n2)ccc1O[C@H]1CCN(C(=O)C2=CN=CC2)C[C@H]1F. The van der Waals surface area contributed by atoms with Crippen LogP contribution in [0.25, 0.3) is 11.4 Å². The molecule has 12 nitrogen and oxygen atoms in total. The Morgan fingerprint density at radius 2 is 1.89 bits per heavy atom. The number of nitrogens with zero attached hydrogens (tertiary/aromatic N) is 8. The number of nitrogens with one attached hydrogen (secondary N) is 1. The molecule has 4 aliphatic rings. The van der Waals surface area contributed by atoms with Crippen LogP contribution in [-0.4, -0.2) is 108 Å². The highest BCUT2D eigenvalue weighted by atomic mass is 19.1. The van der Waals surface area contributed by atoms with Crippen molar-refractivity contribution < 1.29 is 18.7 Å². The molecule has 0 radical (unpaired) electrons. The van der Waals surface area contributed by atoms with Crippen LogP contribution in [0, 0.1) is 11.3 Å². The van der Waals surface area contributed by atoms with Gasteiger partial charge in [-0.25, -0.2) is 14.4 Å². The number of alkyl halides is 1. The molecule has 236 valence electrons. The molecule has 13 heteroatoms. The number of carbonyl (C=O) groups is 1. The van der Waals surface area contributed by atoms with Gasteiger partial charge < -0.3 is 24.6 Å². The number of hydrogen-bond donors (Lipinski definition) is 1. The minimum atomic E-state index is -1.39. The van der Waals surface area contributed by atoms with Gasteiger partial charge in [0.1, 0.15) is 24.3 Å². The Bertz CT molecular complexity index is 1680. The van der Waals surface area contributed by atoms with E-state index >= 15 is 4.39 Å². The van der Waals surface area contributed by atoms with Crippen molar-refractivity contribution in [3.8, 4) is 23.2 Å². The Labute approximate surface area is 266 Å². The molecule has 0 saturated carbocycles. The van der Waals surface area contributed by atoms with Gasteiger partial charge in [0.2, 0.25) is 5.95 Å². The van der Waals surface area contributed by atoms with Crippen molar-refractivity contribution in [3.63, 3.8) is 0 Å². The number of aliphatic imine (C=N–C) groups is 1. The Kier molecular flexibility index (Phi) is 8.54. The summed E-state index contributed by atoms with van der Waals surface area (Å²) in [7, 11) is 0. The van der Waals surface area contributed by atoms with Gasteiger partial charge in [-0.2, -0.15) is 10.2 Å². The van der Waals surface area contributed by atoms with Gasteiger partial charge >= 0.3 is 0 Å². The number of carbonyl (C=O) groups excluding carboxylic acids is 1. The second-order valence-corrected chi connectivity index (χ2v) is 11.7. The van der Waals surface area contributed by atoms with Crippen LogP contribution >= 0.6 is 0 Å². The molecule has 4 aliphatic heterocycles. The van der Waals surface area contributed by atoms with E-state index in [0.717, 1.165) is 45.1 Å². The summed E-state index contributed by atoms with van der Waals surface area (Å²) >= 11 is 0. The van der Waals surface area contributed by atoms with E-state index in [0.29, 0.717) is 48.3 Å². The number of aromatic nitrogens is 3. The highest BCUT2D eigenvalue weighted by molar-refractivity contribution is 5.98. The predicted octanol–water partition coefficient (Wildman–Crippen LogP) is 3.35. The van der Waals surface area contributed by atoms with E-state index in [1.807, 2.05) is 12.1 Å². The molecule has 2 atom stereocenters. The minimum Gasteiger partial charge on any atom is -0.486 e. The Hall–Kier alpha value is -4.93. The lowest BCUT2D eigenvalue weighted by molar-refractivity contribution is -0.131. The molecule has 2 aromatic carbocycles. The zero-order valence-electron chi connectivity index (χ0n) is 25.3. The molecule has 1 amide bonds. The fraction of sp³-hybridized carbons (Fsp3) is 0.394. The van der Waals surface area contributed by atoms with Crippen LogP contribution in [0.5, 0.6) is 5.75 Å². The maximum Gasteiger partial charge on any atom is 0.251 e. The van der Waals surface area contributed by atoms with Crippen LogP contribution in [-0.2, 0) is 9.53 Å². The second-order valence-electron chi connectivity index (χ2n) is 11.7. The lowest BCUT2D eigenvalue weighted by Gasteiger charge is -2.43. The quantitative estimate of drug-likeness (QED) is 0.399. The second kappa shape index (κ2) is 13.2. The fourth-order valence-electron chi connectivity index (χ4n) is 6.07. The third kappa shape index (κ3) is 6.40. The van der Waals surface area contributed by atoms with Gasteiger partial charge in [0.25, 0.3) is 5.91 Å². The van der Waals surface area contributed by atoms with Crippen molar-refractivity contribution in [2.45, 2.75) is 31.2 Å². The number of halogens is 1. The van der Waals surface area contributed by atoms with Crippen LogP contribution in [0.2, 0.25) is 0 Å². The summed E-state index contributed by atoms with van der Waals surface area (Å²) in [6, 6.07) is 15.9. The molecule has 5 heterocycles. The summed E-state index contributed by atoms with van der Waals surface area (Å²) in [6.45, 7) is 6.02. The molecule has 46 heavy (non-hydrogen) atoms. The molecular formula is C33H34FN9O3. The lowest BCUT2D eigenvalue weighted by Crippen LogP contribution is -2.56. The predicted molar refractivity (Wildman–Crippen MR) is 170 cm³/mol. The zero-order chi connectivity index (χ0) is 31.5. The molecular weight excluding hydrogens is 589 g/mol. The number of rotatable bonds is 8. The topological polar surface area (TPSA) is 132 Å². The summed E-state index contributed by atoms with van der Waals surface area (Å²) in [5.41, 5.74) is 3.41. The Balaban J connectivity index is 0.964. The molecule has 7 rings (SSSR count). The van der Waals surface area contributed by atoms with Crippen LogP contribution in [0.4, 0.5) is 21.7 Å². The summed E-state index contributed by atoms with van der Waals surface area (Å²) in [4.78, 5) is 36.1. The van der Waals surface area contributed by atoms with E-state index in [9.17, 15) is 10.1 Å². The number of anilines is 3. The normalized spacial score (nSPS) is 21.8. The molecule has 1 N–H and O–H groups in total. The lowest BCUT2D eigenvalue weighted by atomic mass is 10.0. The summed E-state index contributed by atoms with van der Waals surface area (Å²) < 4.78 is 26.4. The van der Waals surface area contributed by atoms with Crippen molar-refractivity contribution in [1.82, 2.24) is 24.8 Å².